The van der Waals surface area contributed by atoms with Crippen LogP contribution in [0.25, 0.3) is 109 Å². The standard InChI is InChI=1S/C48H28/c1-2-12-36-35(11-1)39(27-28-40(36)42-24-20-34-18-16-30-8-6-10-32-22-26-44(42)48(34)46(30)32)37-13-3-4-14-38(37)41-23-19-33-17-15-29-7-5-9-31-21-25-43(41)47(33)45(29)31/h1-28H/i5D,6D,7D,8D,9D,10D,15D,16D,17D,18D,19D,20D,21D,22D,23D,24D,25D,26D. The van der Waals surface area contributed by atoms with Gasteiger partial charge in [0.2, 0.25) is 0 Å². The molecular formula is C48H28. The van der Waals surface area contributed by atoms with Crippen molar-refractivity contribution < 1.29 is 24.7 Å². The molecule has 0 saturated carbocycles. The molecule has 0 spiro atoms. The molecule has 0 N–H and O–H groups in total. The zero-order valence-corrected chi connectivity index (χ0v) is 24.8. The molecule has 0 aromatic heterocycles. The second-order valence-corrected chi connectivity index (χ2v) is 11.8. The minimum atomic E-state index is -0.567. The van der Waals surface area contributed by atoms with Gasteiger partial charge in [0.05, 0.1) is 24.7 Å². The van der Waals surface area contributed by atoms with E-state index in [0.29, 0.717) is 33.0 Å². The van der Waals surface area contributed by atoms with E-state index in [4.69, 9.17) is 16.4 Å². The van der Waals surface area contributed by atoms with Crippen LogP contribution in [0.15, 0.2) is 169 Å². The van der Waals surface area contributed by atoms with Crippen LogP contribution in [0.5, 0.6) is 0 Å². The summed E-state index contributed by atoms with van der Waals surface area (Å²) in [7, 11) is 0. The average Bonchev–Trinajstić information content (AvgIpc) is 3.30. The number of rotatable bonds is 3. The van der Waals surface area contributed by atoms with Crippen LogP contribution < -0.4 is 0 Å². The largest absolute Gasteiger partial charge is 0.0630 e. The van der Waals surface area contributed by atoms with Crippen LogP contribution in [0.2, 0.25) is 0 Å². The predicted molar refractivity (Wildman–Crippen MR) is 208 cm³/mol. The fraction of sp³-hybridized carbons (Fsp3) is 0. The molecule has 0 unspecified atom stereocenters. The molecule has 0 saturated heterocycles. The van der Waals surface area contributed by atoms with E-state index >= 15 is 0 Å². The molecule has 0 fully saturated rings. The molecule has 0 heterocycles. The molecule has 0 radical (unpaired) electrons. The van der Waals surface area contributed by atoms with Crippen LogP contribution in [0.1, 0.15) is 24.7 Å². The van der Waals surface area contributed by atoms with E-state index in [1.165, 1.54) is 0 Å². The Hall–Kier alpha value is -6.24. The van der Waals surface area contributed by atoms with Crippen LogP contribution in [0.3, 0.4) is 0 Å². The van der Waals surface area contributed by atoms with Crippen molar-refractivity contribution in [3.05, 3.63) is 169 Å². The quantitative estimate of drug-likeness (QED) is 0.172. The molecule has 0 heteroatoms. The molecule has 0 atom stereocenters. The lowest BCUT2D eigenvalue weighted by Gasteiger charge is -2.19. The van der Waals surface area contributed by atoms with Gasteiger partial charge in [-0.2, -0.15) is 0 Å². The molecule has 0 bridgehead atoms. The third-order valence-corrected chi connectivity index (χ3v) is 9.30. The van der Waals surface area contributed by atoms with Crippen LogP contribution in [0, 0.1) is 0 Å². The summed E-state index contributed by atoms with van der Waals surface area (Å²) in [5.41, 5.74) is 1.88. The molecule has 220 valence electrons. The van der Waals surface area contributed by atoms with Gasteiger partial charge in [0.1, 0.15) is 0 Å². The number of benzene rings is 11. The van der Waals surface area contributed by atoms with E-state index in [1.54, 1.807) is 60.7 Å². The normalized spacial score (nSPS) is 17.4. The highest BCUT2D eigenvalue weighted by atomic mass is 14.2. The summed E-state index contributed by atoms with van der Waals surface area (Å²) in [6.07, 6.45) is 0. The molecule has 11 aromatic carbocycles. The summed E-state index contributed by atoms with van der Waals surface area (Å²) < 4.78 is 162. The molecule has 0 aliphatic rings. The van der Waals surface area contributed by atoms with Gasteiger partial charge in [-0.15, -0.1) is 0 Å². The maximum atomic E-state index is 9.48. The van der Waals surface area contributed by atoms with Crippen LogP contribution >= 0.6 is 0 Å². The van der Waals surface area contributed by atoms with Crippen molar-refractivity contribution in [2.45, 2.75) is 0 Å². The molecule has 11 rings (SSSR count). The lowest BCUT2D eigenvalue weighted by Crippen LogP contribution is -1.92. The Bertz CT molecular complexity index is 4030. The Morgan fingerprint density at radius 1 is 0.250 bits per heavy atom. The Labute approximate surface area is 303 Å². The molecule has 0 nitrogen and oxygen atoms in total. The smallest absolute Gasteiger partial charge is 0.0616 e. The van der Waals surface area contributed by atoms with Crippen molar-refractivity contribution in [3.63, 3.8) is 0 Å². The summed E-state index contributed by atoms with van der Waals surface area (Å²) >= 11 is 0. The molecule has 11 aromatic rings. The van der Waals surface area contributed by atoms with Gasteiger partial charge in [0.15, 0.2) is 0 Å². The Balaban J connectivity index is 1.25. The number of fused-ring (bicyclic) bond motifs is 1. The van der Waals surface area contributed by atoms with Gasteiger partial charge in [0, 0.05) is 0 Å². The monoisotopic (exact) mass is 622 g/mol. The van der Waals surface area contributed by atoms with Crippen LogP contribution in [-0.2, 0) is 0 Å². The lowest BCUT2D eigenvalue weighted by atomic mass is 9.84. The summed E-state index contributed by atoms with van der Waals surface area (Å²) in [5, 5.41) is 0.368. The van der Waals surface area contributed by atoms with E-state index in [-0.39, 0.29) is 75.8 Å². The first-order valence-corrected chi connectivity index (χ1v) is 15.3. The number of hydrogen-bond acceptors (Lipinski definition) is 0. The predicted octanol–water partition coefficient (Wildman–Crippen LogP) is 13.6. The van der Waals surface area contributed by atoms with Crippen molar-refractivity contribution in [2.75, 3.05) is 0 Å². The first kappa shape index (κ1) is 14.3. The summed E-state index contributed by atoms with van der Waals surface area (Å²) in [6, 6.07) is 8.90. The van der Waals surface area contributed by atoms with E-state index in [1.807, 2.05) is 0 Å². The zero-order chi connectivity index (χ0) is 47.0. The second-order valence-electron chi connectivity index (χ2n) is 11.8. The third-order valence-electron chi connectivity index (χ3n) is 9.30. The third kappa shape index (κ3) is 3.49. The van der Waals surface area contributed by atoms with Gasteiger partial charge in [0.25, 0.3) is 0 Å². The van der Waals surface area contributed by atoms with E-state index < -0.39 is 109 Å². The van der Waals surface area contributed by atoms with Crippen LogP contribution in [-0.4, -0.2) is 0 Å². The van der Waals surface area contributed by atoms with Gasteiger partial charge >= 0.3 is 0 Å². The Kier molecular flexibility index (Phi) is 2.86. The fourth-order valence-corrected chi connectivity index (χ4v) is 7.22. The zero-order valence-electron chi connectivity index (χ0n) is 42.8. The van der Waals surface area contributed by atoms with E-state index in [2.05, 4.69) is 0 Å². The summed E-state index contributed by atoms with van der Waals surface area (Å²) in [4.78, 5) is 0. The van der Waals surface area contributed by atoms with Crippen molar-refractivity contribution in [1.29, 1.82) is 0 Å². The maximum absolute atomic E-state index is 9.48. The first-order valence-electron chi connectivity index (χ1n) is 24.3. The van der Waals surface area contributed by atoms with E-state index in [0.717, 1.165) is 0 Å². The molecular weight excluding hydrogens is 577 g/mol. The summed E-state index contributed by atoms with van der Waals surface area (Å²) in [6.45, 7) is 0. The average molecular weight is 623 g/mol. The SMILES string of the molecule is [2H]c1c([2H])c2c([2H])c([2H])c3c([2H])c([2H])c(-c4ccccc4-c4ccc(-c5c([2H])c([2H])c6c([2H])c([2H])c7c([2H])c([2H])c([2H])c8c([2H])c([2H])c5c6c78)c5ccccc45)c4c([2H])c([2H])c(c1[2H])c2c34. The Morgan fingerprint density at radius 3 is 1.10 bits per heavy atom. The number of hydrogen-bond donors (Lipinski definition) is 0. The minimum absolute atomic E-state index is 0.00496. The summed E-state index contributed by atoms with van der Waals surface area (Å²) in [5.74, 6) is 0. The van der Waals surface area contributed by atoms with Gasteiger partial charge in [-0.3, -0.25) is 0 Å². The second kappa shape index (κ2) is 9.64. The van der Waals surface area contributed by atoms with Crippen molar-refractivity contribution in [1.82, 2.24) is 0 Å². The van der Waals surface area contributed by atoms with Crippen molar-refractivity contribution in [3.8, 4) is 33.4 Å². The minimum Gasteiger partial charge on any atom is -0.0616 e. The van der Waals surface area contributed by atoms with Crippen molar-refractivity contribution in [2.24, 2.45) is 0 Å². The van der Waals surface area contributed by atoms with Gasteiger partial charge in [-0.1, -0.05) is 169 Å². The highest BCUT2D eigenvalue weighted by Gasteiger charge is 2.18. The lowest BCUT2D eigenvalue weighted by molar-refractivity contribution is 1.62. The molecule has 0 aliphatic heterocycles. The highest BCUT2D eigenvalue weighted by Crippen LogP contribution is 2.46. The van der Waals surface area contributed by atoms with Crippen LogP contribution in [0.4, 0.5) is 0 Å². The van der Waals surface area contributed by atoms with Gasteiger partial charge in [-0.05, 0) is 109 Å². The molecule has 0 aliphatic carbocycles. The van der Waals surface area contributed by atoms with Gasteiger partial charge in [-0.25, -0.2) is 0 Å². The van der Waals surface area contributed by atoms with Gasteiger partial charge < -0.3 is 0 Å². The van der Waals surface area contributed by atoms with E-state index in [9.17, 15) is 8.22 Å². The maximum Gasteiger partial charge on any atom is 0.0630 e. The molecule has 0 amide bonds. The van der Waals surface area contributed by atoms with Crippen molar-refractivity contribution >= 4 is 75.4 Å². The topological polar surface area (TPSA) is 0 Å². The Morgan fingerprint density at radius 2 is 0.604 bits per heavy atom. The first-order chi connectivity index (χ1) is 31.3. The highest BCUT2D eigenvalue weighted by molar-refractivity contribution is 6.27. The molecule has 48 heavy (non-hydrogen) atoms. The fourth-order valence-electron chi connectivity index (χ4n) is 7.22.